The van der Waals surface area contributed by atoms with Crippen LogP contribution in [0.15, 0.2) is 162 Å². The van der Waals surface area contributed by atoms with Crippen LogP contribution in [0.4, 0.5) is 0 Å². The highest BCUT2D eigenvalue weighted by Crippen LogP contribution is 2.44. The lowest BCUT2D eigenvalue weighted by Crippen LogP contribution is -2.90. The quantitative estimate of drug-likeness (QED) is 0.0751. The van der Waals surface area contributed by atoms with Crippen molar-refractivity contribution in [3.05, 3.63) is 162 Å². The average molecular weight is 1380 g/mol. The molecule has 0 aromatic carbocycles. The minimum Gasteiger partial charge on any atom is -0.144 e. The molecule has 0 bridgehead atoms. The topological polar surface area (TPSA) is 0 Å². The minimum absolute atomic E-state index is 1.38. The summed E-state index contributed by atoms with van der Waals surface area (Å²) in [7, 11) is -12.1. The van der Waals surface area contributed by atoms with E-state index in [4.69, 9.17) is 0 Å². The molecule has 0 N–H and O–H groups in total. The Morgan fingerprint density at radius 1 is 0.200 bits per heavy atom. The molecule has 12 heterocycles. The van der Waals surface area contributed by atoms with Crippen LogP contribution in [-0.2, 0) is 0 Å². The minimum atomic E-state index is -2.20. The Bertz CT molecular complexity index is 3660. The highest BCUT2D eigenvalue weighted by atomic mass is 32.1. The second-order valence-electron chi connectivity index (χ2n) is 24.3. The normalized spacial score (nSPS) is 13.3. The monoisotopic (exact) mass is 1380 g/mol. The molecular weight excluding hydrogens is 1310 g/mol. The van der Waals surface area contributed by atoms with Gasteiger partial charge >= 0.3 is 0 Å². The fraction of sp³-hybridized carbons (Fsp3) is 0.213. The van der Waals surface area contributed by atoms with Crippen molar-refractivity contribution in [1.82, 2.24) is 0 Å². The Labute approximate surface area is 529 Å². The Morgan fingerprint density at radius 3 is 0.562 bits per heavy atom. The third kappa shape index (κ3) is 10.1. The van der Waals surface area contributed by atoms with Crippen molar-refractivity contribution < 1.29 is 0 Å². The summed E-state index contributed by atoms with van der Waals surface area (Å²) in [5, 5.41) is 6.60. The van der Waals surface area contributed by atoms with Crippen LogP contribution in [0.1, 0.15) is 0 Å². The first-order valence-corrected chi connectivity index (χ1v) is 60.5. The van der Waals surface area contributed by atoms with Gasteiger partial charge in [0.1, 0.15) is 24.2 Å². The van der Waals surface area contributed by atoms with Gasteiger partial charge in [-0.05, 0) is 129 Å². The first-order valence-electron chi connectivity index (χ1n) is 27.1. The Hall–Kier alpha value is -2.08. The van der Waals surface area contributed by atoms with Gasteiger partial charge in [-0.3, -0.25) is 0 Å². The van der Waals surface area contributed by atoms with Gasteiger partial charge in [0.15, 0.2) is 0 Å². The van der Waals surface area contributed by atoms with Crippen LogP contribution < -0.4 is 40.5 Å². The zero-order valence-electron chi connectivity index (χ0n) is 47.5. The lowest BCUT2D eigenvalue weighted by Gasteiger charge is -2.57. The SMILES string of the molecule is C[Si](C)(c1ccc(-c2cccs2)s1)c1ccc(-c2ccc([Si](C)(C)[Si](C)([Si](C)(C)c3ccc(-c4ccc([Si](C)(C)c5ccc(-c6cccs6)s5)s4)s3)[Si](C)(C)c3ccc(-c4ccc([Si](C)(C)c5ccc(-c6cccs6)s5)s4)s3)s2)s1. The molecule has 0 fully saturated rings. The van der Waals surface area contributed by atoms with Crippen molar-refractivity contribution in [3.63, 3.8) is 0 Å². The molecule has 0 aliphatic heterocycles. The summed E-state index contributed by atoms with van der Waals surface area (Å²) in [4.78, 5) is 17.1. The second kappa shape index (κ2) is 22.0. The van der Waals surface area contributed by atoms with Crippen molar-refractivity contribution in [2.45, 2.75) is 85.1 Å². The fourth-order valence-electron chi connectivity index (χ4n) is 12.0. The number of hydrogen-bond donors (Lipinski definition) is 0. The van der Waals surface area contributed by atoms with E-state index in [-0.39, 0.29) is 0 Å². The molecular formula is C61H66S12Si7. The van der Waals surface area contributed by atoms with E-state index in [0.29, 0.717) is 0 Å². The van der Waals surface area contributed by atoms with Crippen LogP contribution in [0.5, 0.6) is 0 Å². The lowest BCUT2D eigenvalue weighted by molar-refractivity contribution is 1.80. The number of rotatable bonds is 18. The first kappa shape index (κ1) is 58.3. The van der Waals surface area contributed by atoms with E-state index in [9.17, 15) is 0 Å². The number of thiophene rings is 12. The summed E-state index contributed by atoms with van der Waals surface area (Å²) in [6.45, 7) is 33.2. The zero-order valence-corrected chi connectivity index (χ0v) is 64.3. The van der Waals surface area contributed by atoms with Gasteiger partial charge in [-0.25, -0.2) is 0 Å². The van der Waals surface area contributed by atoms with Crippen LogP contribution in [0.2, 0.25) is 85.1 Å². The molecule has 80 heavy (non-hydrogen) atoms. The maximum Gasteiger partial charge on any atom is 0.137 e. The van der Waals surface area contributed by atoms with Crippen molar-refractivity contribution in [3.8, 4) is 58.5 Å². The molecule has 0 saturated heterocycles. The summed E-state index contributed by atoms with van der Waals surface area (Å²) in [6.07, 6.45) is 0. The van der Waals surface area contributed by atoms with Gasteiger partial charge < -0.3 is 0 Å². The van der Waals surface area contributed by atoms with Gasteiger partial charge in [0.25, 0.3) is 0 Å². The molecule has 12 aromatic rings. The molecule has 0 amide bonds. The Balaban J connectivity index is 0.883. The van der Waals surface area contributed by atoms with Crippen LogP contribution in [0.25, 0.3) is 58.5 Å². The summed E-state index contributed by atoms with van der Waals surface area (Å²) >= 11 is 24.3. The van der Waals surface area contributed by atoms with E-state index in [0.717, 1.165) is 0 Å². The van der Waals surface area contributed by atoms with Gasteiger partial charge in [-0.1, -0.05) is 158 Å². The molecule has 0 nitrogen and oxygen atoms in total. The van der Waals surface area contributed by atoms with E-state index in [1.54, 1.807) is 40.5 Å². The summed E-state index contributed by atoms with van der Waals surface area (Å²) in [6, 6.07) is 58.0. The average Bonchev–Trinajstić information content (AvgIpc) is 4.47. The van der Waals surface area contributed by atoms with E-state index in [1.807, 2.05) is 68.0 Å². The van der Waals surface area contributed by atoms with Crippen molar-refractivity contribution >= 4 is 230 Å². The highest BCUT2D eigenvalue weighted by Gasteiger charge is 2.66. The molecule has 12 rings (SSSR count). The van der Waals surface area contributed by atoms with Crippen LogP contribution >= 0.6 is 136 Å². The number of hydrogen-bond acceptors (Lipinski definition) is 12. The zero-order chi connectivity index (χ0) is 56.2. The molecule has 0 radical (unpaired) electrons. The predicted molar refractivity (Wildman–Crippen MR) is 399 cm³/mol. The first-order chi connectivity index (χ1) is 38.0. The van der Waals surface area contributed by atoms with Gasteiger partial charge in [-0.15, -0.1) is 136 Å². The molecule has 0 spiro atoms. The predicted octanol–water partition coefficient (Wildman–Crippen LogP) is 18.4. The van der Waals surface area contributed by atoms with Crippen LogP contribution in [0, 0.1) is 0 Å². The molecule has 0 saturated carbocycles. The molecule has 0 aliphatic carbocycles. The van der Waals surface area contributed by atoms with Crippen molar-refractivity contribution in [2.24, 2.45) is 0 Å². The molecule has 0 atom stereocenters. The van der Waals surface area contributed by atoms with E-state index >= 15 is 0 Å². The molecule has 410 valence electrons. The summed E-state index contributed by atoms with van der Waals surface area (Å²) < 4.78 is 14.6. The summed E-state index contributed by atoms with van der Waals surface area (Å²) in [5.74, 6) is 0. The van der Waals surface area contributed by atoms with Crippen LogP contribution in [-0.4, -0.2) is 53.6 Å². The Morgan fingerprint density at radius 2 is 0.375 bits per heavy atom. The summed E-state index contributed by atoms with van der Waals surface area (Å²) in [5.41, 5.74) is 0. The van der Waals surface area contributed by atoms with Gasteiger partial charge in [0.2, 0.25) is 0 Å². The molecule has 19 heteroatoms. The fourth-order valence-corrected chi connectivity index (χ4v) is 128. The highest BCUT2D eigenvalue weighted by molar-refractivity contribution is 7.96. The van der Waals surface area contributed by atoms with E-state index < -0.39 is 53.6 Å². The standard InChI is InChI=1S/C61H66S12Si7/c1-74(2,53-29-20-44(65-53)41-17-14-38-62-41)56-32-23-47(68-56)50-26-35-59(71-50)77(7,8)80(13,78(9,10)60-36-27-51(72-60)48-24-33-57(69-48)75(3,4)54-30-21-45(66-54)42-18-15-39-63-42)79(11,12)61-37-28-52(73-61)49-25-34-58(70-49)76(5,6)55-31-22-46(67-55)43-19-16-40-64-43/h14-40H,1-13H3. The third-order valence-corrected chi connectivity index (χ3v) is 127. The van der Waals surface area contributed by atoms with Crippen molar-refractivity contribution in [2.75, 3.05) is 0 Å². The molecule has 12 aromatic heterocycles. The van der Waals surface area contributed by atoms with Gasteiger partial charge in [-0.2, -0.15) is 0 Å². The second-order valence-corrected chi connectivity index (χ2v) is 91.5. The smallest absolute Gasteiger partial charge is 0.137 e. The largest absolute Gasteiger partial charge is 0.144 e. The third-order valence-electron chi connectivity index (χ3n) is 17.8. The maximum atomic E-state index is 2.98. The van der Waals surface area contributed by atoms with Crippen LogP contribution in [0.3, 0.4) is 0 Å². The Kier molecular flexibility index (Phi) is 16.0. The molecule has 0 aliphatic rings. The van der Waals surface area contributed by atoms with E-state index in [2.05, 4.69) is 315 Å². The molecule has 0 unspecified atom stereocenters. The van der Waals surface area contributed by atoms with Gasteiger partial charge in [0.05, 0.1) is 29.4 Å². The lowest BCUT2D eigenvalue weighted by atomic mass is 10.4. The van der Waals surface area contributed by atoms with E-state index in [1.165, 1.54) is 58.5 Å². The van der Waals surface area contributed by atoms with Gasteiger partial charge in [0, 0.05) is 58.5 Å². The maximum absolute atomic E-state index is 2.98. The van der Waals surface area contributed by atoms with Crippen molar-refractivity contribution in [1.29, 1.82) is 0 Å².